The van der Waals surface area contributed by atoms with E-state index in [1.807, 2.05) is 60.7 Å². The zero-order valence-corrected chi connectivity index (χ0v) is 12.6. The molecule has 3 rings (SSSR count). The minimum absolute atomic E-state index is 0.347. The molecule has 0 unspecified atom stereocenters. The van der Waals surface area contributed by atoms with Crippen molar-refractivity contribution in [2.45, 2.75) is 13.0 Å². The van der Waals surface area contributed by atoms with Gasteiger partial charge in [0.05, 0.1) is 6.61 Å². The Balaban J connectivity index is 1.67. The second-order valence-electron chi connectivity index (χ2n) is 5.00. The molecule has 5 nitrogen and oxygen atoms in total. The van der Waals surface area contributed by atoms with E-state index >= 15 is 0 Å². The van der Waals surface area contributed by atoms with E-state index in [1.165, 1.54) is 0 Å². The highest BCUT2D eigenvalue weighted by Crippen LogP contribution is 2.21. The molecule has 1 aromatic heterocycles. The molecule has 0 saturated carbocycles. The summed E-state index contributed by atoms with van der Waals surface area (Å²) < 4.78 is 7.45. The highest BCUT2D eigenvalue weighted by Gasteiger charge is 2.14. The number of ether oxygens (including phenoxy) is 1. The van der Waals surface area contributed by atoms with Gasteiger partial charge in [-0.05, 0) is 12.1 Å². The van der Waals surface area contributed by atoms with E-state index in [1.54, 1.807) is 4.68 Å². The van der Waals surface area contributed by atoms with Crippen LogP contribution in [0.1, 0.15) is 12.1 Å². The van der Waals surface area contributed by atoms with Crippen LogP contribution in [0.2, 0.25) is 0 Å². The Bertz CT molecular complexity index is 791. The first-order chi connectivity index (χ1) is 11.4. The molecule has 0 saturated heterocycles. The van der Waals surface area contributed by atoms with Gasteiger partial charge >= 0.3 is 0 Å². The van der Waals surface area contributed by atoms with Crippen molar-refractivity contribution < 1.29 is 4.74 Å². The van der Waals surface area contributed by atoms with Crippen molar-refractivity contribution in [3.05, 3.63) is 66.4 Å². The monoisotopic (exact) mass is 304 g/mol. The number of rotatable bonds is 6. The van der Waals surface area contributed by atoms with Crippen LogP contribution in [0.25, 0.3) is 11.3 Å². The van der Waals surface area contributed by atoms with Crippen molar-refractivity contribution in [3.63, 3.8) is 0 Å². The molecule has 3 aromatic rings. The van der Waals surface area contributed by atoms with E-state index < -0.39 is 0 Å². The largest absolute Gasteiger partial charge is 0.494 e. The first-order valence-electron chi connectivity index (χ1n) is 7.45. The van der Waals surface area contributed by atoms with E-state index in [2.05, 4.69) is 16.4 Å². The second-order valence-corrected chi connectivity index (χ2v) is 5.00. The summed E-state index contributed by atoms with van der Waals surface area (Å²) in [4.78, 5) is 0. The van der Waals surface area contributed by atoms with Crippen LogP contribution >= 0.6 is 0 Å². The summed E-state index contributed by atoms with van der Waals surface area (Å²) in [6.07, 6.45) is 0.781. The molecule has 5 heteroatoms. The molecule has 0 radical (unpaired) electrons. The van der Waals surface area contributed by atoms with Gasteiger partial charge in [0.1, 0.15) is 17.5 Å². The van der Waals surface area contributed by atoms with Gasteiger partial charge in [-0.2, -0.15) is 5.26 Å². The Morgan fingerprint density at radius 3 is 2.39 bits per heavy atom. The van der Waals surface area contributed by atoms with Crippen LogP contribution in [-0.2, 0) is 6.54 Å². The zero-order valence-electron chi connectivity index (χ0n) is 12.6. The van der Waals surface area contributed by atoms with Gasteiger partial charge in [0.2, 0.25) is 0 Å². The second kappa shape index (κ2) is 7.23. The fourth-order valence-electron chi connectivity index (χ4n) is 2.35. The predicted octanol–water partition coefficient (Wildman–Crippen LogP) is 3.29. The average Bonchev–Trinajstić information content (AvgIpc) is 3.03. The highest BCUT2D eigenvalue weighted by molar-refractivity contribution is 5.64. The minimum atomic E-state index is 0.347. The van der Waals surface area contributed by atoms with Crippen LogP contribution in [-0.4, -0.2) is 21.6 Å². The predicted molar refractivity (Wildman–Crippen MR) is 86.7 cm³/mol. The molecule has 0 N–H and O–H groups in total. The molecule has 23 heavy (non-hydrogen) atoms. The van der Waals surface area contributed by atoms with Crippen LogP contribution in [0.15, 0.2) is 60.7 Å². The number of para-hydroxylation sites is 1. The van der Waals surface area contributed by atoms with Crippen molar-refractivity contribution in [1.29, 1.82) is 5.26 Å². The smallest absolute Gasteiger partial charge is 0.190 e. The molecule has 0 fully saturated rings. The van der Waals surface area contributed by atoms with E-state index in [0.29, 0.717) is 18.8 Å². The molecule has 0 aliphatic heterocycles. The third-order valence-corrected chi connectivity index (χ3v) is 3.41. The number of nitrogens with zero attached hydrogens (tertiary/aromatic N) is 4. The van der Waals surface area contributed by atoms with Gasteiger partial charge in [0, 0.05) is 18.5 Å². The average molecular weight is 304 g/mol. The summed E-state index contributed by atoms with van der Waals surface area (Å²) in [7, 11) is 0. The number of nitriles is 1. The van der Waals surface area contributed by atoms with Crippen LogP contribution < -0.4 is 4.74 Å². The Kier molecular flexibility index (Phi) is 4.65. The third-order valence-electron chi connectivity index (χ3n) is 3.41. The highest BCUT2D eigenvalue weighted by atomic mass is 16.5. The fourth-order valence-corrected chi connectivity index (χ4v) is 2.35. The van der Waals surface area contributed by atoms with Crippen molar-refractivity contribution in [2.24, 2.45) is 0 Å². The number of hydrogen-bond acceptors (Lipinski definition) is 4. The first-order valence-corrected chi connectivity index (χ1v) is 7.45. The summed E-state index contributed by atoms with van der Waals surface area (Å²) >= 11 is 0. The lowest BCUT2D eigenvalue weighted by Crippen LogP contribution is -2.07. The summed E-state index contributed by atoms with van der Waals surface area (Å²) in [5.41, 5.74) is 2.05. The normalized spacial score (nSPS) is 10.2. The minimum Gasteiger partial charge on any atom is -0.494 e. The lowest BCUT2D eigenvalue weighted by atomic mass is 10.1. The maximum absolute atomic E-state index is 9.22. The van der Waals surface area contributed by atoms with E-state index in [4.69, 9.17) is 4.74 Å². The molecule has 114 valence electrons. The Labute approximate surface area is 134 Å². The lowest BCUT2D eigenvalue weighted by molar-refractivity contribution is 0.298. The molecule has 0 amide bonds. The molecular weight excluding hydrogens is 288 g/mol. The Hall–Kier alpha value is -3.13. The van der Waals surface area contributed by atoms with Crippen LogP contribution in [0.4, 0.5) is 0 Å². The molecule has 0 atom stereocenters. The maximum Gasteiger partial charge on any atom is 0.190 e. The fraction of sp³-hybridized carbons (Fsp3) is 0.167. The third kappa shape index (κ3) is 3.55. The first kappa shape index (κ1) is 14.8. The van der Waals surface area contributed by atoms with E-state index in [0.717, 1.165) is 23.4 Å². The van der Waals surface area contributed by atoms with E-state index in [9.17, 15) is 5.26 Å². The number of aromatic nitrogens is 3. The van der Waals surface area contributed by atoms with Crippen molar-refractivity contribution in [2.75, 3.05) is 6.61 Å². The van der Waals surface area contributed by atoms with Crippen molar-refractivity contribution in [3.8, 4) is 23.1 Å². The van der Waals surface area contributed by atoms with Gasteiger partial charge in [-0.3, -0.25) is 0 Å². The summed E-state index contributed by atoms with van der Waals surface area (Å²) in [6, 6.07) is 21.5. The quantitative estimate of drug-likeness (QED) is 0.656. The maximum atomic E-state index is 9.22. The summed E-state index contributed by atoms with van der Waals surface area (Å²) in [5, 5.41) is 17.3. The molecular formula is C18H16N4O. The standard InChI is InChI=1S/C18H16N4O/c19-14-17-18(15-8-3-1-4-9-15)22(21-20-17)12-7-13-23-16-10-5-2-6-11-16/h1-6,8-11H,7,12-13H2. The number of hydrogen-bond donors (Lipinski definition) is 0. The summed E-state index contributed by atoms with van der Waals surface area (Å²) in [5.74, 6) is 0.854. The SMILES string of the molecule is N#Cc1nnn(CCCOc2ccccc2)c1-c1ccccc1. The molecule has 0 bridgehead atoms. The molecule has 1 heterocycles. The lowest BCUT2D eigenvalue weighted by Gasteiger charge is -2.08. The van der Waals surface area contributed by atoms with Crippen molar-refractivity contribution in [1.82, 2.24) is 15.0 Å². The van der Waals surface area contributed by atoms with Gasteiger partial charge in [-0.15, -0.1) is 5.10 Å². The van der Waals surface area contributed by atoms with Crippen LogP contribution in [0, 0.1) is 11.3 Å². The zero-order chi connectivity index (χ0) is 15.9. The van der Waals surface area contributed by atoms with E-state index in [-0.39, 0.29) is 0 Å². The van der Waals surface area contributed by atoms with Gasteiger partial charge < -0.3 is 4.74 Å². The number of benzene rings is 2. The van der Waals surface area contributed by atoms with Crippen LogP contribution in [0.3, 0.4) is 0 Å². The molecule has 0 aliphatic rings. The van der Waals surface area contributed by atoms with Gasteiger partial charge in [0.25, 0.3) is 0 Å². The summed E-state index contributed by atoms with van der Waals surface area (Å²) in [6.45, 7) is 1.23. The molecule has 0 spiro atoms. The van der Waals surface area contributed by atoms with Crippen molar-refractivity contribution >= 4 is 0 Å². The Morgan fingerprint density at radius 2 is 1.70 bits per heavy atom. The van der Waals surface area contributed by atoms with Gasteiger partial charge in [-0.1, -0.05) is 53.7 Å². The van der Waals surface area contributed by atoms with Gasteiger partial charge in [0.15, 0.2) is 5.69 Å². The van der Waals surface area contributed by atoms with Gasteiger partial charge in [-0.25, -0.2) is 4.68 Å². The van der Waals surface area contributed by atoms with Crippen LogP contribution in [0.5, 0.6) is 5.75 Å². The topological polar surface area (TPSA) is 63.7 Å². The number of aryl methyl sites for hydroxylation is 1. The molecule has 0 aliphatic carbocycles. The molecule has 2 aromatic carbocycles. The Morgan fingerprint density at radius 1 is 1.00 bits per heavy atom.